The Morgan fingerprint density at radius 1 is 1.11 bits per heavy atom. The summed E-state index contributed by atoms with van der Waals surface area (Å²) in [6.45, 7) is 4.42. The van der Waals surface area contributed by atoms with Crippen molar-refractivity contribution in [3.63, 3.8) is 0 Å². The Balaban J connectivity index is 1.52. The van der Waals surface area contributed by atoms with Crippen LogP contribution in [0.2, 0.25) is 5.02 Å². The van der Waals surface area contributed by atoms with Crippen molar-refractivity contribution in [2.24, 2.45) is 10.5 Å². The molecule has 2 amide bonds. The van der Waals surface area contributed by atoms with Crippen LogP contribution in [-0.4, -0.2) is 65.7 Å². The molecular weight excluding hydrogens is 488 g/mol. The summed E-state index contributed by atoms with van der Waals surface area (Å²) in [6.07, 6.45) is 1.03. The highest BCUT2D eigenvalue weighted by Gasteiger charge is 2.47. The van der Waals surface area contributed by atoms with Gasteiger partial charge in [0.1, 0.15) is 0 Å². The Morgan fingerprint density at radius 2 is 1.78 bits per heavy atom. The highest BCUT2D eigenvalue weighted by Crippen LogP contribution is 2.38. The molecular formula is C25H27ClN4O6. The van der Waals surface area contributed by atoms with E-state index in [4.69, 9.17) is 26.2 Å². The summed E-state index contributed by atoms with van der Waals surface area (Å²) in [6, 6.07) is 9.07. The number of hydrogen-bond acceptors (Lipinski definition) is 7. The summed E-state index contributed by atoms with van der Waals surface area (Å²) in [5.74, 6) is 0.649. The predicted molar refractivity (Wildman–Crippen MR) is 134 cm³/mol. The van der Waals surface area contributed by atoms with E-state index in [9.17, 15) is 19.7 Å². The molecule has 0 unspecified atom stereocenters. The third-order valence-electron chi connectivity index (χ3n) is 6.69. The number of carbonyl (C=O) groups excluding carboxylic acids is 2. The molecule has 2 aromatic carbocycles. The van der Waals surface area contributed by atoms with Crippen molar-refractivity contribution < 1.29 is 24.0 Å². The van der Waals surface area contributed by atoms with E-state index in [1.54, 1.807) is 31.3 Å². The van der Waals surface area contributed by atoms with Crippen LogP contribution in [0.1, 0.15) is 42.6 Å². The number of amides is 2. The van der Waals surface area contributed by atoms with Crippen molar-refractivity contribution in [1.82, 2.24) is 9.91 Å². The minimum absolute atomic E-state index is 0.0939. The van der Waals surface area contributed by atoms with E-state index >= 15 is 0 Å². The number of hydrogen-bond donors (Lipinski definition) is 0. The third-order valence-corrected chi connectivity index (χ3v) is 7.02. The smallest absolute Gasteiger partial charge is 0.270 e. The van der Waals surface area contributed by atoms with Crippen LogP contribution >= 0.6 is 11.6 Å². The summed E-state index contributed by atoms with van der Waals surface area (Å²) in [4.78, 5) is 38.5. The quantitative estimate of drug-likeness (QED) is 0.422. The third kappa shape index (κ3) is 4.48. The summed E-state index contributed by atoms with van der Waals surface area (Å²) in [7, 11) is 3.11. The molecule has 2 aliphatic rings. The number of likely N-dealkylation sites (tertiary alicyclic amines) is 1. The van der Waals surface area contributed by atoms with Gasteiger partial charge in [-0.05, 0) is 51.0 Å². The van der Waals surface area contributed by atoms with E-state index in [1.165, 1.54) is 23.2 Å². The number of carbonyl (C=O) groups is 2. The number of piperidine rings is 1. The second-order valence-electron chi connectivity index (χ2n) is 9.24. The van der Waals surface area contributed by atoms with Crippen LogP contribution in [-0.2, 0) is 4.79 Å². The lowest BCUT2D eigenvalue weighted by Gasteiger charge is -2.35. The maximum atomic E-state index is 13.4. The molecule has 190 valence electrons. The second-order valence-corrected chi connectivity index (χ2v) is 9.64. The van der Waals surface area contributed by atoms with Gasteiger partial charge in [-0.3, -0.25) is 19.7 Å². The number of nitrogens with zero attached hydrogens (tertiary/aromatic N) is 4. The van der Waals surface area contributed by atoms with Crippen LogP contribution in [0.5, 0.6) is 11.5 Å². The molecule has 2 heterocycles. The van der Waals surface area contributed by atoms with Gasteiger partial charge < -0.3 is 14.4 Å². The Morgan fingerprint density at radius 3 is 2.39 bits per heavy atom. The lowest BCUT2D eigenvalue weighted by atomic mass is 9.83. The topological polar surface area (TPSA) is 115 Å². The van der Waals surface area contributed by atoms with Crippen LogP contribution in [0.15, 0.2) is 41.5 Å². The number of nitro groups is 1. The molecule has 1 fully saturated rings. The van der Waals surface area contributed by atoms with Crippen LogP contribution in [0.25, 0.3) is 0 Å². The van der Waals surface area contributed by atoms with E-state index in [0.29, 0.717) is 43.1 Å². The normalized spacial score (nSPS) is 17.7. The summed E-state index contributed by atoms with van der Waals surface area (Å²) in [5, 5.41) is 17.5. The number of ether oxygens (including phenoxy) is 2. The van der Waals surface area contributed by atoms with E-state index in [0.717, 1.165) is 5.56 Å². The van der Waals surface area contributed by atoms with E-state index in [2.05, 4.69) is 0 Å². The van der Waals surface area contributed by atoms with Crippen LogP contribution < -0.4 is 9.47 Å². The lowest BCUT2D eigenvalue weighted by Crippen LogP contribution is -2.47. The molecule has 36 heavy (non-hydrogen) atoms. The SMILES string of the molecule is COc1ccc(C2=NN(C3CCN(C(=O)c4cc([N+](=O)[O-])ccc4Cl)CC3)C(=O)C2(C)C)cc1OC. The van der Waals surface area contributed by atoms with E-state index < -0.39 is 10.3 Å². The van der Waals surface area contributed by atoms with Gasteiger partial charge in [0.15, 0.2) is 11.5 Å². The molecule has 2 aliphatic heterocycles. The van der Waals surface area contributed by atoms with E-state index in [-0.39, 0.29) is 34.1 Å². The number of methoxy groups -OCH3 is 2. The summed E-state index contributed by atoms with van der Waals surface area (Å²) in [5.41, 5.74) is 0.455. The summed E-state index contributed by atoms with van der Waals surface area (Å²) < 4.78 is 10.7. The van der Waals surface area contributed by atoms with Crippen molar-refractivity contribution in [2.75, 3.05) is 27.3 Å². The Bertz CT molecular complexity index is 1250. The predicted octanol–water partition coefficient (Wildman–Crippen LogP) is 4.14. The molecule has 4 rings (SSSR count). The molecule has 0 N–H and O–H groups in total. The first kappa shape index (κ1) is 25.4. The first-order chi connectivity index (χ1) is 17.1. The molecule has 0 spiro atoms. The monoisotopic (exact) mass is 514 g/mol. The number of nitro benzene ring substituents is 1. The molecule has 11 heteroatoms. The molecule has 0 bridgehead atoms. The molecule has 1 saturated heterocycles. The van der Waals surface area contributed by atoms with Crippen molar-refractivity contribution in [3.8, 4) is 11.5 Å². The number of benzene rings is 2. The average Bonchev–Trinajstić information content (AvgIpc) is 3.12. The van der Waals surface area contributed by atoms with Crippen molar-refractivity contribution in [3.05, 3.63) is 62.7 Å². The van der Waals surface area contributed by atoms with Gasteiger partial charge in [0.25, 0.3) is 17.5 Å². The molecule has 2 aromatic rings. The van der Waals surface area contributed by atoms with Gasteiger partial charge in [0.05, 0.1) is 46.9 Å². The largest absolute Gasteiger partial charge is 0.493 e. The van der Waals surface area contributed by atoms with Crippen molar-refractivity contribution in [1.29, 1.82) is 0 Å². The molecule has 0 aromatic heterocycles. The van der Waals surface area contributed by atoms with Gasteiger partial charge in [-0.25, -0.2) is 5.01 Å². The van der Waals surface area contributed by atoms with Crippen LogP contribution in [0.3, 0.4) is 0 Å². The maximum Gasteiger partial charge on any atom is 0.270 e. The van der Waals surface area contributed by atoms with Crippen molar-refractivity contribution in [2.45, 2.75) is 32.7 Å². The molecule has 0 atom stereocenters. The Labute approximate surface area is 213 Å². The van der Waals surface area contributed by atoms with Crippen LogP contribution in [0.4, 0.5) is 5.69 Å². The summed E-state index contributed by atoms with van der Waals surface area (Å²) >= 11 is 6.16. The van der Waals surface area contributed by atoms with Gasteiger partial charge >= 0.3 is 0 Å². The van der Waals surface area contributed by atoms with Gasteiger partial charge in [-0.1, -0.05) is 11.6 Å². The van der Waals surface area contributed by atoms with Gasteiger partial charge in [0, 0.05) is 30.8 Å². The molecule has 0 radical (unpaired) electrons. The van der Waals surface area contributed by atoms with E-state index in [1.807, 2.05) is 19.9 Å². The van der Waals surface area contributed by atoms with Gasteiger partial charge in [-0.2, -0.15) is 5.10 Å². The first-order valence-corrected chi connectivity index (χ1v) is 11.8. The fourth-order valence-electron chi connectivity index (χ4n) is 4.59. The van der Waals surface area contributed by atoms with Crippen LogP contribution in [0, 0.1) is 15.5 Å². The molecule has 10 nitrogen and oxygen atoms in total. The zero-order valence-corrected chi connectivity index (χ0v) is 21.2. The fourth-order valence-corrected chi connectivity index (χ4v) is 4.79. The standard InChI is InChI=1S/C25H27ClN4O6/c1-25(2)22(15-5-8-20(35-3)21(13-15)36-4)27-29(24(25)32)16-9-11-28(12-10-16)23(31)18-14-17(30(33)34)6-7-19(18)26/h5-8,13-14,16H,9-12H2,1-4H3. The van der Waals surface area contributed by atoms with Gasteiger partial charge in [0.2, 0.25) is 0 Å². The van der Waals surface area contributed by atoms with Crippen molar-refractivity contribution >= 4 is 34.8 Å². The minimum atomic E-state index is -0.844. The Hall–Kier alpha value is -3.66. The zero-order valence-electron chi connectivity index (χ0n) is 20.5. The fraction of sp³-hybridized carbons (Fsp3) is 0.400. The number of non-ortho nitro benzene ring substituents is 1. The maximum absolute atomic E-state index is 13.4. The highest BCUT2D eigenvalue weighted by molar-refractivity contribution is 6.34. The molecule has 0 saturated carbocycles. The number of halogens is 1. The number of hydrazone groups is 1. The number of rotatable bonds is 6. The zero-order chi connectivity index (χ0) is 26.2. The minimum Gasteiger partial charge on any atom is -0.493 e. The first-order valence-electron chi connectivity index (χ1n) is 11.5. The van der Waals surface area contributed by atoms with Gasteiger partial charge in [-0.15, -0.1) is 0 Å². The highest BCUT2D eigenvalue weighted by atomic mass is 35.5. The second kappa shape index (κ2) is 9.77. The lowest BCUT2D eigenvalue weighted by molar-refractivity contribution is -0.384. The Kier molecular flexibility index (Phi) is 6.90. The average molecular weight is 515 g/mol. The molecule has 0 aliphatic carbocycles.